The topological polar surface area (TPSA) is 183 Å². The molecule has 0 radical (unpaired) electrons. The number of amides is 1. The molecule has 0 aromatic carbocycles. The molecule has 4 atom stereocenters. The van der Waals surface area contributed by atoms with E-state index in [0.29, 0.717) is 0 Å². The molecule has 1 saturated heterocycles. The second-order valence-electron chi connectivity index (χ2n) is 7.00. The Labute approximate surface area is 141 Å². The van der Waals surface area contributed by atoms with Crippen LogP contribution in [0.5, 0.6) is 0 Å². The number of nitrogens with zero attached hydrogens (tertiary/aromatic N) is 4. The number of anilines is 1. The van der Waals surface area contributed by atoms with Gasteiger partial charge in [-0.2, -0.15) is 0 Å². The van der Waals surface area contributed by atoms with Crippen LogP contribution in [0.25, 0.3) is 11.2 Å². The largest absolute Gasteiger partial charge is 0.393 e. The van der Waals surface area contributed by atoms with E-state index in [2.05, 4.69) is 15.0 Å². The van der Waals surface area contributed by atoms with Gasteiger partial charge < -0.3 is 31.5 Å². The molecule has 2 aromatic rings. The number of rotatable bonds is 3. The molecule has 134 valence electrons. The van der Waals surface area contributed by atoms with E-state index in [9.17, 15) is 20.1 Å². The molecule has 1 amide bonds. The van der Waals surface area contributed by atoms with Crippen molar-refractivity contribution in [3.63, 3.8) is 0 Å². The van der Waals surface area contributed by atoms with Gasteiger partial charge >= 0.3 is 0 Å². The van der Waals surface area contributed by atoms with Gasteiger partial charge in [-0.05, 0) is 0 Å². The maximum absolute atomic E-state index is 12.1. The summed E-state index contributed by atoms with van der Waals surface area (Å²) >= 11 is 0. The Morgan fingerprint density at radius 2 is 2.04 bits per heavy atom. The number of carbonyl (C=O) groups is 1. The van der Waals surface area contributed by atoms with Gasteiger partial charge in [0, 0.05) is 5.41 Å². The van der Waals surface area contributed by atoms with E-state index < -0.39 is 41.0 Å². The van der Waals surface area contributed by atoms with Gasteiger partial charge in [-0.3, -0.25) is 9.36 Å². The minimum atomic E-state index is -2.18. The molecular weight excluding hydrogens is 332 g/mol. The Morgan fingerprint density at radius 3 is 2.60 bits per heavy atom. The Balaban J connectivity index is 1.95. The van der Waals surface area contributed by atoms with Crippen LogP contribution in [-0.2, 0) is 9.53 Å². The van der Waals surface area contributed by atoms with Crippen LogP contribution in [0.3, 0.4) is 0 Å². The van der Waals surface area contributed by atoms with Crippen LogP contribution in [-0.4, -0.2) is 64.2 Å². The number of carbonyl (C=O) groups excluding carboxylic acids is 1. The van der Waals surface area contributed by atoms with Crippen molar-refractivity contribution in [1.82, 2.24) is 19.5 Å². The highest BCUT2D eigenvalue weighted by atomic mass is 16.6. The van der Waals surface area contributed by atoms with Crippen molar-refractivity contribution >= 4 is 22.9 Å². The highest BCUT2D eigenvalue weighted by Gasteiger charge is 2.98. The summed E-state index contributed by atoms with van der Waals surface area (Å²) in [5, 5.41) is 32.1. The highest BCUT2D eigenvalue weighted by molar-refractivity contribution is 5.89. The molecule has 1 saturated carbocycles. The molecule has 2 aliphatic rings. The maximum atomic E-state index is 12.1. The molecule has 1 aliphatic carbocycles. The molecule has 4 rings (SSSR count). The number of hydrogen-bond donors (Lipinski definition) is 5. The summed E-state index contributed by atoms with van der Waals surface area (Å²) in [6, 6.07) is 0. The van der Waals surface area contributed by atoms with E-state index in [4.69, 9.17) is 16.2 Å². The zero-order chi connectivity index (χ0) is 18.4. The Bertz CT molecular complexity index is 914. The predicted octanol–water partition coefficient (Wildman–Crippen LogP) is -2.34. The minimum Gasteiger partial charge on any atom is -0.393 e. The van der Waals surface area contributed by atoms with Crippen molar-refractivity contribution < 1.29 is 24.9 Å². The summed E-state index contributed by atoms with van der Waals surface area (Å²) in [6.45, 7) is 2.21. The molecule has 2 aromatic heterocycles. The lowest BCUT2D eigenvalue weighted by molar-refractivity contribution is -0.192. The number of imidazole rings is 1. The fourth-order valence-electron chi connectivity index (χ4n) is 4.29. The van der Waals surface area contributed by atoms with Crippen molar-refractivity contribution in [1.29, 1.82) is 0 Å². The monoisotopic (exact) mass is 350 g/mol. The summed E-state index contributed by atoms with van der Waals surface area (Å²) < 4.78 is 6.99. The van der Waals surface area contributed by atoms with E-state index >= 15 is 0 Å². The first-order valence-corrected chi connectivity index (χ1v) is 7.56. The highest BCUT2D eigenvalue weighted by Crippen LogP contribution is 2.78. The van der Waals surface area contributed by atoms with Gasteiger partial charge in [0.25, 0.3) is 5.91 Å². The standard InChI is InChI=1S/C14H18N6O5/c1-11(2)13(23)10(25-12(3-21,9(16)22)14(11,13)24)20-5-19-6-7(15)17-4-18-8(6)20/h4-5,10,21,23-24H,3H2,1-2H3,(H2,16,22)(H2,15,17,18)/t10-,12+,13-,14-/m1/s1. The number of nitrogens with two attached hydrogens (primary N) is 2. The second-order valence-corrected chi connectivity index (χ2v) is 7.00. The average Bonchev–Trinajstić information content (AvgIpc) is 2.93. The molecule has 11 heteroatoms. The van der Waals surface area contributed by atoms with Crippen LogP contribution < -0.4 is 11.5 Å². The average molecular weight is 350 g/mol. The smallest absolute Gasteiger partial charge is 0.255 e. The van der Waals surface area contributed by atoms with E-state index in [0.717, 1.165) is 0 Å². The van der Waals surface area contributed by atoms with Crippen LogP contribution in [0.4, 0.5) is 5.82 Å². The van der Waals surface area contributed by atoms with E-state index in [1.165, 1.54) is 17.2 Å². The fourth-order valence-corrected chi connectivity index (χ4v) is 4.29. The van der Waals surface area contributed by atoms with Crippen LogP contribution in [0.1, 0.15) is 20.1 Å². The molecular formula is C14H18N6O5. The Morgan fingerprint density at radius 1 is 1.36 bits per heavy atom. The molecule has 0 spiro atoms. The van der Waals surface area contributed by atoms with Crippen LogP contribution in [0.15, 0.2) is 12.7 Å². The van der Waals surface area contributed by atoms with Crippen molar-refractivity contribution in [2.45, 2.75) is 36.9 Å². The summed E-state index contributed by atoms with van der Waals surface area (Å²) in [5.74, 6) is -0.954. The van der Waals surface area contributed by atoms with Crippen molar-refractivity contribution in [2.75, 3.05) is 12.3 Å². The summed E-state index contributed by atoms with van der Waals surface area (Å²) in [7, 11) is 0. The van der Waals surface area contributed by atoms with Crippen molar-refractivity contribution in [3.8, 4) is 0 Å². The first-order chi connectivity index (χ1) is 11.6. The fraction of sp³-hybridized carbons (Fsp3) is 0.571. The van der Waals surface area contributed by atoms with Crippen LogP contribution in [0, 0.1) is 5.41 Å². The molecule has 11 nitrogen and oxygen atoms in total. The van der Waals surface area contributed by atoms with Gasteiger partial charge in [0.2, 0.25) is 5.60 Å². The number of primary amides is 1. The van der Waals surface area contributed by atoms with Gasteiger partial charge in [-0.1, -0.05) is 13.8 Å². The lowest BCUT2D eigenvalue weighted by atomic mass is 9.88. The minimum absolute atomic E-state index is 0.127. The molecule has 1 aliphatic heterocycles. The van der Waals surface area contributed by atoms with Gasteiger partial charge in [-0.25, -0.2) is 15.0 Å². The van der Waals surface area contributed by atoms with Crippen molar-refractivity contribution in [3.05, 3.63) is 12.7 Å². The van der Waals surface area contributed by atoms with Gasteiger partial charge in [0.1, 0.15) is 17.4 Å². The second kappa shape index (κ2) is 4.25. The lowest BCUT2D eigenvalue weighted by Gasteiger charge is -2.34. The summed E-state index contributed by atoms with van der Waals surface area (Å²) in [6.07, 6.45) is 1.25. The van der Waals surface area contributed by atoms with Gasteiger partial charge in [0.15, 0.2) is 23.3 Å². The zero-order valence-corrected chi connectivity index (χ0v) is 13.5. The molecule has 3 heterocycles. The predicted molar refractivity (Wildman–Crippen MR) is 82.5 cm³/mol. The van der Waals surface area contributed by atoms with E-state index in [1.54, 1.807) is 13.8 Å². The normalized spacial score (nSPS) is 38.7. The molecule has 25 heavy (non-hydrogen) atoms. The molecule has 0 unspecified atom stereocenters. The van der Waals surface area contributed by atoms with Crippen LogP contribution in [0.2, 0.25) is 0 Å². The third kappa shape index (κ3) is 1.35. The number of ether oxygens (including phenoxy) is 1. The number of nitrogen functional groups attached to an aromatic ring is 1. The summed E-state index contributed by atoms with van der Waals surface area (Å²) in [5.41, 5.74) is 4.32. The third-order valence-electron chi connectivity index (χ3n) is 5.86. The third-order valence-corrected chi connectivity index (χ3v) is 5.86. The SMILES string of the molecule is CC1(C)[C@@]2(O)[C@](CO)(C(N)=O)O[C@@H](n3cnc4c(N)ncnc43)[C@@]12O. The quantitative estimate of drug-likeness (QED) is 0.404. The van der Waals surface area contributed by atoms with Crippen molar-refractivity contribution in [2.24, 2.45) is 11.1 Å². The maximum Gasteiger partial charge on any atom is 0.255 e. The first-order valence-electron chi connectivity index (χ1n) is 7.56. The Kier molecular flexibility index (Phi) is 2.74. The van der Waals surface area contributed by atoms with Crippen LogP contribution >= 0.6 is 0 Å². The molecule has 7 N–H and O–H groups in total. The zero-order valence-electron chi connectivity index (χ0n) is 13.5. The number of hydrogen-bond acceptors (Lipinski definition) is 9. The number of aliphatic hydroxyl groups is 3. The van der Waals surface area contributed by atoms with Gasteiger partial charge in [-0.15, -0.1) is 0 Å². The van der Waals surface area contributed by atoms with E-state index in [-0.39, 0.29) is 17.0 Å². The first kappa shape index (κ1) is 16.1. The number of aromatic nitrogens is 4. The molecule has 2 fully saturated rings. The lowest BCUT2D eigenvalue weighted by Crippen LogP contribution is -2.59. The Hall–Kier alpha value is -2.34. The molecule has 0 bridgehead atoms. The summed E-state index contributed by atoms with van der Waals surface area (Å²) in [4.78, 5) is 24.1. The number of fused-ring (bicyclic) bond motifs is 2. The van der Waals surface area contributed by atoms with Gasteiger partial charge in [0.05, 0.1) is 12.9 Å². The number of aliphatic hydroxyl groups excluding tert-OH is 1. The van der Waals surface area contributed by atoms with E-state index in [1.807, 2.05) is 0 Å².